The van der Waals surface area contributed by atoms with Crippen LogP contribution >= 0.6 is 22.9 Å². The van der Waals surface area contributed by atoms with Gasteiger partial charge in [-0.2, -0.15) is 0 Å². The van der Waals surface area contributed by atoms with Crippen LogP contribution in [0.25, 0.3) is 0 Å². The third-order valence-electron chi connectivity index (χ3n) is 5.52. The quantitative estimate of drug-likeness (QED) is 0.694. The molecule has 2 aromatic rings. The van der Waals surface area contributed by atoms with Crippen molar-refractivity contribution in [1.29, 1.82) is 0 Å². The molecule has 1 aromatic carbocycles. The Labute approximate surface area is 187 Å². The van der Waals surface area contributed by atoms with Gasteiger partial charge in [-0.25, -0.2) is 19.4 Å². The lowest BCUT2D eigenvalue weighted by atomic mass is 9.81. The number of nitrogens with one attached hydrogen (secondary N) is 1. The predicted octanol–water partition coefficient (Wildman–Crippen LogP) is 3.74. The van der Waals surface area contributed by atoms with E-state index in [1.807, 2.05) is 6.07 Å². The van der Waals surface area contributed by atoms with E-state index in [2.05, 4.69) is 10.3 Å². The zero-order valence-electron chi connectivity index (χ0n) is 17.0. The second-order valence-electron chi connectivity index (χ2n) is 7.36. The van der Waals surface area contributed by atoms with E-state index < -0.39 is 17.5 Å². The van der Waals surface area contributed by atoms with Gasteiger partial charge in [0, 0.05) is 41.1 Å². The van der Waals surface area contributed by atoms with Crippen molar-refractivity contribution in [3.63, 3.8) is 0 Å². The van der Waals surface area contributed by atoms with Crippen LogP contribution in [0.15, 0.2) is 23.6 Å². The third kappa shape index (κ3) is 3.92. The number of carbonyl (C=O) groups is 3. The first kappa shape index (κ1) is 21.4. The first-order chi connectivity index (χ1) is 14.9. The van der Waals surface area contributed by atoms with Crippen LogP contribution in [0.3, 0.4) is 0 Å². The normalized spacial score (nSPS) is 19.5. The molecule has 1 saturated heterocycles. The topological polar surface area (TPSA) is 101 Å². The van der Waals surface area contributed by atoms with Gasteiger partial charge in [-0.1, -0.05) is 11.6 Å². The number of fused-ring (bicyclic) bond motifs is 2. The highest BCUT2D eigenvalue weighted by atomic mass is 35.5. The molecule has 0 saturated carbocycles. The minimum atomic E-state index is -0.534. The van der Waals surface area contributed by atoms with Crippen LogP contribution in [-0.4, -0.2) is 61.3 Å². The van der Waals surface area contributed by atoms with Crippen LogP contribution in [0.2, 0.25) is 5.02 Å². The Balaban J connectivity index is 1.57. The fourth-order valence-corrected chi connectivity index (χ4v) is 4.96. The number of hydrogen-bond acceptors (Lipinski definition) is 7. The van der Waals surface area contributed by atoms with Crippen molar-refractivity contribution in [2.75, 3.05) is 43.6 Å². The summed E-state index contributed by atoms with van der Waals surface area (Å²) in [6.45, 7) is 3.31. The van der Waals surface area contributed by atoms with Crippen molar-refractivity contribution in [1.82, 2.24) is 9.88 Å². The molecule has 2 aliphatic heterocycles. The summed E-state index contributed by atoms with van der Waals surface area (Å²) in [5, 5.41) is 5.16. The summed E-state index contributed by atoms with van der Waals surface area (Å²) in [5.41, 5.74) is 1.38. The highest BCUT2D eigenvalue weighted by Gasteiger charge is 2.50. The fraction of sp³-hybridized carbons (Fsp3) is 0.400. The molecule has 4 rings (SSSR count). The Bertz CT molecular complexity index is 1040. The molecule has 11 heteroatoms. The number of carbonyl (C=O) groups excluding carboxylic acids is 3. The fourth-order valence-electron chi connectivity index (χ4n) is 4.12. The number of benzene rings is 1. The lowest BCUT2D eigenvalue weighted by molar-refractivity contribution is 0.0520. The Morgan fingerprint density at radius 1 is 1.32 bits per heavy atom. The number of amides is 3. The summed E-state index contributed by atoms with van der Waals surface area (Å²) in [5.74, 6) is -0.534. The van der Waals surface area contributed by atoms with E-state index in [0.717, 1.165) is 22.6 Å². The number of halogens is 1. The molecule has 1 aromatic heterocycles. The maximum absolute atomic E-state index is 13.1. The number of rotatable bonds is 3. The van der Waals surface area contributed by atoms with E-state index in [0.29, 0.717) is 36.2 Å². The molecule has 2 aliphatic rings. The number of urea groups is 1. The van der Waals surface area contributed by atoms with Crippen molar-refractivity contribution in [3.05, 3.63) is 39.9 Å². The molecule has 9 nitrogen and oxygen atoms in total. The summed E-state index contributed by atoms with van der Waals surface area (Å²) < 4.78 is 9.80. The number of nitrogens with zero attached hydrogens (tertiary/aromatic N) is 3. The van der Waals surface area contributed by atoms with Gasteiger partial charge >= 0.3 is 18.1 Å². The second kappa shape index (κ2) is 8.35. The molecule has 0 radical (unpaired) electrons. The summed E-state index contributed by atoms with van der Waals surface area (Å²) in [6.07, 6.45) is 0.293. The van der Waals surface area contributed by atoms with E-state index in [1.54, 1.807) is 28.9 Å². The molecule has 0 aliphatic carbocycles. The van der Waals surface area contributed by atoms with Crippen LogP contribution in [-0.2, 0) is 14.9 Å². The number of ether oxygens (including phenoxy) is 2. The lowest BCUT2D eigenvalue weighted by Gasteiger charge is -2.25. The molecule has 1 atom stereocenters. The monoisotopic (exact) mass is 464 g/mol. The van der Waals surface area contributed by atoms with Gasteiger partial charge in [0.1, 0.15) is 0 Å². The van der Waals surface area contributed by atoms with Gasteiger partial charge in [0.25, 0.3) is 0 Å². The summed E-state index contributed by atoms with van der Waals surface area (Å²) in [7, 11) is 1.35. The SMILES string of the molecule is CCOC(=O)c1csc(NC(=O)N2CC3(CCN(C(=O)OC)C3)c3cc(Cl)ccc32)n1. The van der Waals surface area contributed by atoms with Crippen molar-refractivity contribution < 1.29 is 23.9 Å². The molecule has 0 bridgehead atoms. The van der Waals surface area contributed by atoms with Crippen LogP contribution in [0, 0.1) is 0 Å². The van der Waals surface area contributed by atoms with Gasteiger partial charge in [0.2, 0.25) is 0 Å². The largest absolute Gasteiger partial charge is 0.461 e. The molecule has 3 heterocycles. The highest BCUT2D eigenvalue weighted by molar-refractivity contribution is 7.14. The van der Waals surface area contributed by atoms with E-state index in [4.69, 9.17) is 21.1 Å². The minimum Gasteiger partial charge on any atom is -0.461 e. The average Bonchev–Trinajstić information content (AvgIpc) is 3.46. The highest BCUT2D eigenvalue weighted by Crippen LogP contribution is 2.47. The molecular formula is C20H21ClN4O5S. The van der Waals surface area contributed by atoms with Gasteiger partial charge < -0.3 is 14.4 Å². The lowest BCUT2D eigenvalue weighted by Crippen LogP contribution is -2.41. The average molecular weight is 465 g/mol. The molecule has 1 unspecified atom stereocenters. The Kier molecular flexibility index (Phi) is 5.76. The van der Waals surface area contributed by atoms with E-state index in [1.165, 1.54) is 12.5 Å². The predicted molar refractivity (Wildman–Crippen MR) is 116 cm³/mol. The van der Waals surface area contributed by atoms with Gasteiger partial charge in [-0.15, -0.1) is 11.3 Å². The summed E-state index contributed by atoms with van der Waals surface area (Å²) >= 11 is 7.39. The van der Waals surface area contributed by atoms with Crippen molar-refractivity contribution in [3.8, 4) is 0 Å². The van der Waals surface area contributed by atoms with Crippen molar-refractivity contribution in [2.24, 2.45) is 0 Å². The van der Waals surface area contributed by atoms with Crippen LogP contribution in [0.4, 0.5) is 20.4 Å². The van der Waals surface area contributed by atoms with E-state index in [-0.39, 0.29) is 18.3 Å². The smallest absolute Gasteiger partial charge is 0.409 e. The number of anilines is 2. The molecule has 3 amide bonds. The molecule has 31 heavy (non-hydrogen) atoms. The van der Waals surface area contributed by atoms with Crippen molar-refractivity contribution in [2.45, 2.75) is 18.8 Å². The maximum atomic E-state index is 13.1. The summed E-state index contributed by atoms with van der Waals surface area (Å²) in [6, 6.07) is 5.02. The first-order valence-corrected chi connectivity index (χ1v) is 11.0. The Morgan fingerprint density at radius 2 is 2.13 bits per heavy atom. The second-order valence-corrected chi connectivity index (χ2v) is 8.65. The van der Waals surface area contributed by atoms with Crippen LogP contribution < -0.4 is 10.2 Å². The van der Waals surface area contributed by atoms with Gasteiger partial charge in [0.15, 0.2) is 10.8 Å². The molecule has 1 N–H and O–H groups in total. The minimum absolute atomic E-state index is 0.150. The Hall–Kier alpha value is -2.85. The third-order valence-corrected chi connectivity index (χ3v) is 6.51. The number of hydrogen-bond donors (Lipinski definition) is 1. The standard InChI is InChI=1S/C20H21ClN4O5S/c1-3-30-16(26)14-9-31-17(22-14)23-18(27)25-11-20(6-7-24(10-20)19(28)29-2)13-8-12(21)4-5-15(13)25/h4-5,8-9H,3,6-7,10-11H2,1-2H3,(H,22,23,27). The Morgan fingerprint density at radius 3 is 2.87 bits per heavy atom. The van der Waals surface area contributed by atoms with Gasteiger partial charge in [-0.05, 0) is 37.1 Å². The number of thiazole rings is 1. The number of aromatic nitrogens is 1. The molecule has 1 spiro atoms. The van der Waals surface area contributed by atoms with Crippen molar-refractivity contribution >= 4 is 51.9 Å². The first-order valence-electron chi connectivity index (χ1n) is 9.71. The number of methoxy groups -OCH3 is 1. The number of likely N-dealkylation sites (tertiary alicyclic amines) is 1. The van der Waals surface area contributed by atoms with Crippen LogP contribution in [0.5, 0.6) is 0 Å². The molecule has 1 fully saturated rings. The molecule has 164 valence electrons. The maximum Gasteiger partial charge on any atom is 0.409 e. The van der Waals surface area contributed by atoms with E-state index in [9.17, 15) is 14.4 Å². The summed E-state index contributed by atoms with van der Waals surface area (Å²) in [4.78, 5) is 44.4. The zero-order chi connectivity index (χ0) is 22.2. The van der Waals surface area contributed by atoms with E-state index >= 15 is 0 Å². The number of esters is 1. The molecular weight excluding hydrogens is 444 g/mol. The zero-order valence-corrected chi connectivity index (χ0v) is 18.6. The van der Waals surface area contributed by atoms with Crippen LogP contribution in [0.1, 0.15) is 29.4 Å². The van der Waals surface area contributed by atoms with Gasteiger partial charge in [-0.3, -0.25) is 10.2 Å². The van der Waals surface area contributed by atoms with Gasteiger partial charge in [0.05, 0.1) is 13.7 Å².